The maximum atomic E-state index is 13.1. The lowest BCUT2D eigenvalue weighted by Crippen LogP contribution is -2.57. The number of primary amides is 1. The molecule has 1 saturated heterocycles. The summed E-state index contributed by atoms with van der Waals surface area (Å²) < 4.78 is 0. The van der Waals surface area contributed by atoms with Crippen molar-refractivity contribution in [3.63, 3.8) is 0 Å². The van der Waals surface area contributed by atoms with Gasteiger partial charge in [0, 0.05) is 6.54 Å². The van der Waals surface area contributed by atoms with Crippen molar-refractivity contribution in [2.75, 3.05) is 13.2 Å². The molecule has 0 aromatic heterocycles. The average Bonchev–Trinajstić information content (AvgIpc) is 3.14. The van der Waals surface area contributed by atoms with Crippen LogP contribution in [0.5, 0.6) is 0 Å². The van der Waals surface area contributed by atoms with E-state index in [1.165, 1.54) is 4.90 Å². The Morgan fingerprint density at radius 3 is 2.27 bits per heavy atom. The van der Waals surface area contributed by atoms with Gasteiger partial charge in [0.1, 0.15) is 24.2 Å². The van der Waals surface area contributed by atoms with Crippen LogP contribution in [-0.4, -0.2) is 82.0 Å². The van der Waals surface area contributed by atoms with E-state index in [4.69, 9.17) is 21.7 Å². The number of hydrogen-bond acceptors (Lipinski definition) is 7. The van der Waals surface area contributed by atoms with Gasteiger partial charge in [0.2, 0.25) is 23.6 Å². The average molecular weight is 429 g/mol. The molecule has 0 aromatic rings. The summed E-state index contributed by atoms with van der Waals surface area (Å²) in [5.74, 6) is -4.17. The second-order valence-corrected chi connectivity index (χ2v) is 7.74. The monoisotopic (exact) mass is 429 g/mol. The number of hydrogen-bond donors (Lipinski definition) is 6. The molecule has 0 aromatic carbocycles. The Balaban J connectivity index is 2.95. The molecule has 4 unspecified atom stereocenters. The first-order valence-corrected chi connectivity index (χ1v) is 9.76. The number of nitrogens with one attached hydrogen (secondary N) is 2. The number of carboxylic acids is 1. The highest BCUT2D eigenvalue weighted by atomic mass is 16.4. The fourth-order valence-corrected chi connectivity index (χ4v) is 3.23. The van der Waals surface area contributed by atoms with Crippen LogP contribution in [0, 0.1) is 5.92 Å². The summed E-state index contributed by atoms with van der Waals surface area (Å²) in [6.45, 7) is 3.38. The second-order valence-electron chi connectivity index (χ2n) is 7.74. The first-order valence-electron chi connectivity index (χ1n) is 9.76. The van der Waals surface area contributed by atoms with Gasteiger partial charge in [0.15, 0.2) is 0 Å². The van der Waals surface area contributed by atoms with Gasteiger partial charge in [0.05, 0.1) is 13.0 Å². The van der Waals surface area contributed by atoms with Gasteiger partial charge >= 0.3 is 5.97 Å². The van der Waals surface area contributed by atoms with Crippen LogP contribution >= 0.6 is 0 Å². The molecule has 1 aliphatic rings. The van der Waals surface area contributed by atoms with Gasteiger partial charge in [-0.05, 0) is 25.2 Å². The molecule has 0 spiro atoms. The minimum absolute atomic E-state index is 0.0337. The van der Waals surface area contributed by atoms with Crippen molar-refractivity contribution in [2.45, 2.75) is 63.7 Å². The second kappa shape index (κ2) is 11.5. The third-order valence-corrected chi connectivity index (χ3v) is 4.71. The lowest BCUT2D eigenvalue weighted by Gasteiger charge is -2.30. The SMILES string of the molecule is CC(C)CC(NC(=O)C(N)CO)C(=O)N1CCCC1C(=O)NC(CC(N)=O)C(=O)O. The van der Waals surface area contributed by atoms with Gasteiger partial charge in [-0.3, -0.25) is 19.2 Å². The van der Waals surface area contributed by atoms with Crippen molar-refractivity contribution in [1.29, 1.82) is 0 Å². The molecule has 0 bridgehead atoms. The molecule has 170 valence electrons. The standard InChI is InChI=1S/C18H31N5O7/c1-9(2)6-11(21-15(26)10(19)8-24)17(28)23-5-3-4-13(23)16(27)22-12(18(29)30)7-14(20)25/h9-13,24H,3-8,19H2,1-2H3,(H2,20,25)(H,21,26)(H,22,27)(H,29,30). The Morgan fingerprint density at radius 2 is 1.77 bits per heavy atom. The van der Waals surface area contributed by atoms with E-state index in [1.54, 1.807) is 0 Å². The number of aliphatic hydroxyl groups excluding tert-OH is 1. The van der Waals surface area contributed by atoms with Gasteiger partial charge in [-0.2, -0.15) is 0 Å². The van der Waals surface area contributed by atoms with E-state index in [0.717, 1.165) is 0 Å². The number of carbonyl (C=O) groups is 5. The van der Waals surface area contributed by atoms with E-state index >= 15 is 0 Å². The number of carboxylic acid groups (broad SMARTS) is 1. The fourth-order valence-electron chi connectivity index (χ4n) is 3.23. The molecule has 0 aliphatic carbocycles. The minimum Gasteiger partial charge on any atom is -0.480 e. The normalized spacial score (nSPS) is 19.1. The van der Waals surface area contributed by atoms with Gasteiger partial charge < -0.3 is 37.2 Å². The molecule has 4 atom stereocenters. The largest absolute Gasteiger partial charge is 0.480 e. The predicted octanol–water partition coefficient (Wildman–Crippen LogP) is -2.73. The highest BCUT2D eigenvalue weighted by molar-refractivity contribution is 5.95. The van der Waals surface area contributed by atoms with Crippen LogP contribution in [0.4, 0.5) is 0 Å². The lowest BCUT2D eigenvalue weighted by atomic mass is 10.0. The van der Waals surface area contributed by atoms with Crippen LogP contribution < -0.4 is 22.1 Å². The van der Waals surface area contributed by atoms with Crippen LogP contribution in [0.3, 0.4) is 0 Å². The maximum Gasteiger partial charge on any atom is 0.326 e. The number of carbonyl (C=O) groups excluding carboxylic acids is 4. The van der Waals surface area contributed by atoms with E-state index < -0.39 is 66.8 Å². The van der Waals surface area contributed by atoms with Gasteiger partial charge in [-0.1, -0.05) is 13.8 Å². The van der Waals surface area contributed by atoms with Crippen molar-refractivity contribution in [2.24, 2.45) is 17.4 Å². The van der Waals surface area contributed by atoms with E-state index in [0.29, 0.717) is 12.8 Å². The Bertz CT molecular complexity index is 669. The molecule has 12 heteroatoms. The number of likely N-dealkylation sites (tertiary alicyclic amines) is 1. The van der Waals surface area contributed by atoms with Crippen molar-refractivity contribution in [3.05, 3.63) is 0 Å². The van der Waals surface area contributed by atoms with Gasteiger partial charge in [-0.15, -0.1) is 0 Å². The van der Waals surface area contributed by atoms with Gasteiger partial charge in [0.25, 0.3) is 0 Å². The molecule has 0 saturated carbocycles. The zero-order valence-electron chi connectivity index (χ0n) is 17.2. The molecular weight excluding hydrogens is 398 g/mol. The van der Waals surface area contributed by atoms with Crippen LogP contribution in [0.15, 0.2) is 0 Å². The van der Waals surface area contributed by atoms with E-state index in [-0.39, 0.29) is 18.9 Å². The van der Waals surface area contributed by atoms with E-state index in [9.17, 15) is 24.0 Å². The van der Waals surface area contributed by atoms with Gasteiger partial charge in [-0.25, -0.2) is 4.79 Å². The van der Waals surface area contributed by atoms with Crippen molar-refractivity contribution < 1.29 is 34.2 Å². The molecule has 12 nitrogen and oxygen atoms in total. The highest BCUT2D eigenvalue weighted by Crippen LogP contribution is 2.21. The number of amides is 4. The third-order valence-electron chi connectivity index (χ3n) is 4.71. The molecule has 1 heterocycles. The third kappa shape index (κ3) is 7.26. The van der Waals surface area contributed by atoms with Crippen molar-refractivity contribution in [3.8, 4) is 0 Å². The summed E-state index contributed by atoms with van der Waals surface area (Å²) in [4.78, 5) is 61.4. The van der Waals surface area contributed by atoms with Crippen molar-refractivity contribution in [1.82, 2.24) is 15.5 Å². The Hall–Kier alpha value is -2.73. The summed E-state index contributed by atoms with van der Waals surface area (Å²) in [7, 11) is 0. The maximum absolute atomic E-state index is 13.1. The van der Waals surface area contributed by atoms with Crippen LogP contribution in [0.25, 0.3) is 0 Å². The van der Waals surface area contributed by atoms with E-state index in [2.05, 4.69) is 10.6 Å². The van der Waals surface area contributed by atoms with E-state index in [1.807, 2.05) is 13.8 Å². The Labute approximate surface area is 174 Å². The summed E-state index contributed by atoms with van der Waals surface area (Å²) in [6, 6.07) is -4.58. The highest BCUT2D eigenvalue weighted by Gasteiger charge is 2.39. The van der Waals surface area contributed by atoms with Crippen molar-refractivity contribution >= 4 is 29.6 Å². The quantitative estimate of drug-likeness (QED) is 0.203. The number of aliphatic carboxylic acids is 1. The number of nitrogens with zero attached hydrogens (tertiary/aromatic N) is 1. The van der Waals surface area contributed by atoms with Crippen LogP contribution in [0.1, 0.15) is 39.5 Å². The number of rotatable bonds is 11. The molecule has 1 fully saturated rings. The summed E-state index contributed by atoms with van der Waals surface area (Å²) in [5, 5.41) is 23.0. The lowest BCUT2D eigenvalue weighted by molar-refractivity contribution is -0.146. The Morgan fingerprint density at radius 1 is 1.13 bits per heavy atom. The topological polar surface area (TPSA) is 205 Å². The van der Waals surface area contributed by atoms with Crippen LogP contribution in [-0.2, 0) is 24.0 Å². The number of nitrogens with two attached hydrogens (primary N) is 2. The first kappa shape index (κ1) is 25.3. The smallest absolute Gasteiger partial charge is 0.326 e. The molecule has 1 aliphatic heterocycles. The molecule has 8 N–H and O–H groups in total. The predicted molar refractivity (Wildman–Crippen MR) is 105 cm³/mol. The first-order chi connectivity index (χ1) is 14.0. The molecule has 1 rings (SSSR count). The Kier molecular flexibility index (Phi) is 9.66. The fraction of sp³-hybridized carbons (Fsp3) is 0.722. The molecule has 30 heavy (non-hydrogen) atoms. The molecule has 0 radical (unpaired) electrons. The van der Waals surface area contributed by atoms with Crippen LogP contribution in [0.2, 0.25) is 0 Å². The number of aliphatic hydroxyl groups is 1. The minimum atomic E-state index is -1.50. The zero-order valence-corrected chi connectivity index (χ0v) is 17.2. The molecular formula is C18H31N5O7. The molecule has 4 amide bonds. The summed E-state index contributed by atoms with van der Waals surface area (Å²) in [5.41, 5.74) is 10.5. The summed E-state index contributed by atoms with van der Waals surface area (Å²) >= 11 is 0. The zero-order chi connectivity index (χ0) is 23.0. The summed E-state index contributed by atoms with van der Waals surface area (Å²) in [6.07, 6.45) is 0.522.